The van der Waals surface area contributed by atoms with Crippen molar-refractivity contribution in [2.24, 2.45) is 0 Å². The standard InChI is InChI=1S/C8H5ClN4O3/c9-5-1-3-6(4-2-5)12-7(14)13(8(15)16)11-10-12/h1-4H,(H,15,16). The molecular weight excluding hydrogens is 236 g/mol. The molecular formula is C8H5ClN4O3. The van der Waals surface area contributed by atoms with Gasteiger partial charge in [0.2, 0.25) is 0 Å². The van der Waals surface area contributed by atoms with Crippen molar-refractivity contribution < 1.29 is 9.90 Å². The first-order valence-electron chi connectivity index (χ1n) is 4.14. The average Bonchev–Trinajstić information content (AvgIpc) is 2.61. The Morgan fingerprint density at radius 1 is 1.25 bits per heavy atom. The molecule has 2 aromatic rings. The number of tetrazole rings is 1. The van der Waals surface area contributed by atoms with Crippen molar-refractivity contribution in [2.45, 2.75) is 0 Å². The molecule has 0 aliphatic carbocycles. The zero-order valence-corrected chi connectivity index (χ0v) is 8.50. The maximum absolute atomic E-state index is 11.5. The van der Waals surface area contributed by atoms with Gasteiger partial charge in [0, 0.05) is 5.02 Å². The number of benzene rings is 1. The molecule has 0 aliphatic rings. The Kier molecular flexibility index (Phi) is 2.45. The molecule has 0 radical (unpaired) electrons. The van der Waals surface area contributed by atoms with E-state index in [0.29, 0.717) is 10.7 Å². The summed E-state index contributed by atoms with van der Waals surface area (Å²) >= 11 is 5.67. The van der Waals surface area contributed by atoms with Crippen molar-refractivity contribution >= 4 is 17.7 Å². The molecule has 1 heterocycles. The van der Waals surface area contributed by atoms with E-state index in [1.54, 1.807) is 12.1 Å². The topological polar surface area (TPSA) is 90.0 Å². The van der Waals surface area contributed by atoms with Crippen LogP contribution >= 0.6 is 11.6 Å². The van der Waals surface area contributed by atoms with Crippen LogP contribution in [-0.4, -0.2) is 31.0 Å². The number of carbonyl (C=O) groups is 1. The minimum Gasteiger partial charge on any atom is -0.463 e. The van der Waals surface area contributed by atoms with E-state index in [1.165, 1.54) is 12.1 Å². The van der Waals surface area contributed by atoms with E-state index in [1.807, 2.05) is 0 Å². The largest absolute Gasteiger partial charge is 0.463 e. The van der Waals surface area contributed by atoms with Gasteiger partial charge in [-0.3, -0.25) is 0 Å². The number of hydrogen-bond acceptors (Lipinski definition) is 4. The van der Waals surface area contributed by atoms with Gasteiger partial charge in [0.25, 0.3) is 0 Å². The number of rotatable bonds is 1. The summed E-state index contributed by atoms with van der Waals surface area (Å²) < 4.78 is 1.11. The van der Waals surface area contributed by atoms with E-state index in [0.717, 1.165) is 4.68 Å². The monoisotopic (exact) mass is 240 g/mol. The Bertz CT molecular complexity index is 586. The predicted octanol–water partition coefficient (Wildman–Crippen LogP) is 0.609. The molecule has 0 spiro atoms. The predicted molar refractivity (Wildman–Crippen MR) is 54.1 cm³/mol. The summed E-state index contributed by atoms with van der Waals surface area (Å²) in [7, 11) is 0. The summed E-state index contributed by atoms with van der Waals surface area (Å²) in [6, 6.07) is 6.18. The molecule has 8 heteroatoms. The Hall–Kier alpha value is -2.15. The number of hydrogen-bond donors (Lipinski definition) is 1. The van der Waals surface area contributed by atoms with Crippen molar-refractivity contribution in [2.75, 3.05) is 0 Å². The summed E-state index contributed by atoms with van der Waals surface area (Å²) in [5, 5.41) is 15.7. The van der Waals surface area contributed by atoms with Crippen molar-refractivity contribution in [1.29, 1.82) is 0 Å². The highest BCUT2D eigenvalue weighted by molar-refractivity contribution is 6.30. The van der Waals surface area contributed by atoms with Crippen LogP contribution < -0.4 is 5.69 Å². The highest BCUT2D eigenvalue weighted by Crippen LogP contribution is 2.10. The molecule has 0 fully saturated rings. The average molecular weight is 241 g/mol. The minimum atomic E-state index is -1.48. The van der Waals surface area contributed by atoms with E-state index in [-0.39, 0.29) is 4.68 Å². The van der Waals surface area contributed by atoms with Crippen LogP contribution in [0.1, 0.15) is 0 Å². The highest BCUT2D eigenvalue weighted by Gasteiger charge is 2.13. The van der Waals surface area contributed by atoms with Crippen LogP contribution in [0.5, 0.6) is 0 Å². The molecule has 7 nitrogen and oxygen atoms in total. The van der Waals surface area contributed by atoms with Gasteiger partial charge in [-0.05, 0) is 34.7 Å². The quantitative estimate of drug-likeness (QED) is 0.738. The summed E-state index contributed by atoms with van der Waals surface area (Å²) in [5.41, 5.74) is -0.461. The maximum atomic E-state index is 11.5. The van der Waals surface area contributed by atoms with E-state index in [2.05, 4.69) is 10.4 Å². The molecule has 0 saturated carbocycles. The number of carboxylic acid groups (broad SMARTS) is 1. The van der Waals surface area contributed by atoms with Crippen LogP contribution in [0.3, 0.4) is 0 Å². The van der Waals surface area contributed by atoms with Gasteiger partial charge in [-0.2, -0.15) is 4.68 Å². The van der Waals surface area contributed by atoms with Gasteiger partial charge in [-0.15, -0.1) is 0 Å². The van der Waals surface area contributed by atoms with Crippen molar-refractivity contribution in [3.63, 3.8) is 0 Å². The molecule has 0 atom stereocenters. The third-order valence-electron chi connectivity index (χ3n) is 1.83. The van der Waals surface area contributed by atoms with Crippen molar-refractivity contribution in [3.8, 4) is 5.69 Å². The molecule has 1 aromatic carbocycles. The first kappa shape index (κ1) is 10.4. The Morgan fingerprint density at radius 3 is 2.38 bits per heavy atom. The van der Waals surface area contributed by atoms with Crippen LogP contribution in [0.4, 0.5) is 4.79 Å². The fourth-order valence-electron chi connectivity index (χ4n) is 1.11. The van der Waals surface area contributed by atoms with Gasteiger partial charge < -0.3 is 5.11 Å². The molecule has 0 bridgehead atoms. The third kappa shape index (κ3) is 1.68. The second-order valence-corrected chi connectivity index (χ2v) is 3.28. The van der Waals surface area contributed by atoms with Crippen LogP contribution in [0.2, 0.25) is 5.02 Å². The first-order valence-corrected chi connectivity index (χ1v) is 4.51. The molecule has 82 valence electrons. The van der Waals surface area contributed by atoms with E-state index >= 15 is 0 Å². The fourth-order valence-corrected chi connectivity index (χ4v) is 1.24. The van der Waals surface area contributed by atoms with Crippen LogP contribution in [0.25, 0.3) is 5.69 Å². The van der Waals surface area contributed by atoms with Gasteiger partial charge in [0.05, 0.1) is 5.69 Å². The molecule has 16 heavy (non-hydrogen) atoms. The van der Waals surface area contributed by atoms with Gasteiger partial charge in [-0.1, -0.05) is 16.3 Å². The van der Waals surface area contributed by atoms with E-state index in [4.69, 9.17) is 16.7 Å². The SMILES string of the molecule is O=C(O)n1nnn(-c2ccc(Cl)cc2)c1=O. The zero-order valence-electron chi connectivity index (χ0n) is 7.74. The summed E-state index contributed by atoms with van der Waals surface area (Å²) in [6.45, 7) is 0. The van der Waals surface area contributed by atoms with Crippen molar-refractivity contribution in [1.82, 2.24) is 19.8 Å². The molecule has 0 unspecified atom stereocenters. The first-order chi connectivity index (χ1) is 7.59. The van der Waals surface area contributed by atoms with Crippen LogP contribution in [0, 0.1) is 0 Å². The Morgan fingerprint density at radius 2 is 1.88 bits per heavy atom. The summed E-state index contributed by atoms with van der Waals surface area (Å²) in [4.78, 5) is 22.0. The third-order valence-corrected chi connectivity index (χ3v) is 2.09. The Labute approximate surface area is 93.5 Å². The van der Waals surface area contributed by atoms with Crippen LogP contribution in [0.15, 0.2) is 29.1 Å². The van der Waals surface area contributed by atoms with Crippen LogP contribution in [-0.2, 0) is 0 Å². The van der Waals surface area contributed by atoms with E-state index in [9.17, 15) is 9.59 Å². The van der Waals surface area contributed by atoms with Gasteiger partial charge in [0.1, 0.15) is 0 Å². The zero-order chi connectivity index (χ0) is 11.7. The normalized spacial score (nSPS) is 10.3. The lowest BCUT2D eigenvalue weighted by Crippen LogP contribution is -2.28. The molecule has 1 N–H and O–H groups in total. The lowest BCUT2D eigenvalue weighted by Gasteiger charge is -1.96. The molecule has 2 rings (SSSR count). The summed E-state index contributed by atoms with van der Waals surface area (Å²) in [6.07, 6.45) is -1.48. The molecule has 1 aromatic heterocycles. The van der Waals surface area contributed by atoms with Gasteiger partial charge in [-0.25, -0.2) is 9.59 Å². The number of halogens is 1. The second-order valence-electron chi connectivity index (χ2n) is 2.84. The number of aromatic nitrogens is 4. The molecule has 0 aliphatic heterocycles. The van der Waals surface area contributed by atoms with E-state index < -0.39 is 11.8 Å². The number of nitrogens with zero attached hydrogens (tertiary/aromatic N) is 4. The van der Waals surface area contributed by atoms with Crippen molar-refractivity contribution in [3.05, 3.63) is 39.8 Å². The van der Waals surface area contributed by atoms with Gasteiger partial charge >= 0.3 is 11.8 Å². The van der Waals surface area contributed by atoms with Gasteiger partial charge in [0.15, 0.2) is 0 Å². The maximum Gasteiger partial charge on any atom is 0.438 e. The minimum absolute atomic E-state index is 0.245. The highest BCUT2D eigenvalue weighted by atomic mass is 35.5. The smallest absolute Gasteiger partial charge is 0.438 e. The Balaban J connectivity index is 2.53. The molecule has 0 amide bonds. The summed E-state index contributed by atoms with van der Waals surface area (Å²) in [5.74, 6) is 0. The lowest BCUT2D eigenvalue weighted by atomic mass is 10.3. The molecule has 0 saturated heterocycles. The fraction of sp³-hybridized carbons (Fsp3) is 0. The lowest BCUT2D eigenvalue weighted by molar-refractivity contribution is 0.191. The second kappa shape index (κ2) is 3.78.